The first-order valence-corrected chi connectivity index (χ1v) is 11.8. The second-order valence-corrected chi connectivity index (χ2v) is 9.23. The van der Waals surface area contributed by atoms with Gasteiger partial charge in [-0.2, -0.15) is 4.98 Å². The Labute approximate surface area is 187 Å². The first-order valence-electron chi connectivity index (χ1n) is 11.0. The molecule has 0 fully saturated rings. The number of ether oxygens (including phenoxy) is 1. The van der Waals surface area contributed by atoms with Gasteiger partial charge in [0.05, 0.1) is 5.56 Å². The minimum absolute atomic E-state index is 0.101. The van der Waals surface area contributed by atoms with Gasteiger partial charge < -0.3 is 19.9 Å². The van der Waals surface area contributed by atoms with Gasteiger partial charge in [-0.05, 0) is 44.1 Å². The van der Waals surface area contributed by atoms with Crippen LogP contribution < -0.4 is 10.6 Å². The number of nitrogens with zero attached hydrogens (tertiary/aromatic N) is 2. The number of methoxy groups -OCH3 is 1. The van der Waals surface area contributed by atoms with Crippen molar-refractivity contribution in [3.63, 3.8) is 0 Å². The maximum atomic E-state index is 12.9. The van der Waals surface area contributed by atoms with E-state index in [4.69, 9.17) is 9.26 Å². The van der Waals surface area contributed by atoms with Crippen molar-refractivity contribution in [3.05, 3.63) is 27.7 Å². The fourth-order valence-corrected chi connectivity index (χ4v) is 4.90. The third-order valence-corrected chi connectivity index (χ3v) is 6.46. The van der Waals surface area contributed by atoms with Crippen molar-refractivity contribution >= 4 is 28.2 Å². The number of carbonyl (C=O) groups excluding carboxylic acids is 2. The summed E-state index contributed by atoms with van der Waals surface area (Å²) in [5.41, 5.74) is 1.74. The third kappa shape index (κ3) is 6.36. The maximum Gasteiger partial charge on any atom is 0.254 e. The van der Waals surface area contributed by atoms with E-state index in [1.165, 1.54) is 4.88 Å². The van der Waals surface area contributed by atoms with Crippen molar-refractivity contribution in [2.45, 2.75) is 71.1 Å². The number of amides is 2. The molecule has 0 saturated carbocycles. The number of thiophene rings is 1. The van der Waals surface area contributed by atoms with Crippen LogP contribution in [-0.2, 0) is 28.8 Å². The first kappa shape index (κ1) is 23.4. The molecular weight excluding hydrogens is 416 g/mol. The van der Waals surface area contributed by atoms with Crippen molar-refractivity contribution in [3.8, 4) is 0 Å². The molecule has 1 aliphatic carbocycles. The van der Waals surface area contributed by atoms with E-state index in [-0.39, 0.29) is 17.7 Å². The van der Waals surface area contributed by atoms with Crippen molar-refractivity contribution in [2.24, 2.45) is 0 Å². The Bertz CT molecular complexity index is 890. The highest BCUT2D eigenvalue weighted by Crippen LogP contribution is 2.38. The topological polar surface area (TPSA) is 106 Å². The number of carbonyl (C=O) groups is 2. The van der Waals surface area contributed by atoms with E-state index in [0.717, 1.165) is 37.7 Å². The van der Waals surface area contributed by atoms with Gasteiger partial charge in [0, 0.05) is 43.9 Å². The Morgan fingerprint density at radius 2 is 2.03 bits per heavy atom. The van der Waals surface area contributed by atoms with E-state index in [0.29, 0.717) is 54.7 Å². The van der Waals surface area contributed by atoms with Crippen LogP contribution in [0.4, 0.5) is 5.00 Å². The highest BCUT2D eigenvalue weighted by molar-refractivity contribution is 7.17. The van der Waals surface area contributed by atoms with Crippen LogP contribution in [-0.4, -0.2) is 42.2 Å². The van der Waals surface area contributed by atoms with Crippen LogP contribution in [0.15, 0.2) is 4.52 Å². The summed E-state index contributed by atoms with van der Waals surface area (Å²) < 4.78 is 10.3. The fraction of sp³-hybridized carbons (Fsp3) is 0.636. The van der Waals surface area contributed by atoms with Crippen molar-refractivity contribution in [1.82, 2.24) is 15.5 Å². The van der Waals surface area contributed by atoms with Gasteiger partial charge in [0.2, 0.25) is 11.8 Å². The number of anilines is 1. The van der Waals surface area contributed by atoms with Gasteiger partial charge in [0.15, 0.2) is 5.82 Å². The lowest BCUT2D eigenvalue weighted by Crippen LogP contribution is -2.27. The third-order valence-electron chi connectivity index (χ3n) is 5.26. The van der Waals surface area contributed by atoms with Gasteiger partial charge in [0.1, 0.15) is 5.00 Å². The van der Waals surface area contributed by atoms with Crippen molar-refractivity contribution in [1.29, 1.82) is 0 Å². The molecule has 0 saturated heterocycles. The van der Waals surface area contributed by atoms with E-state index in [1.54, 1.807) is 18.4 Å². The zero-order valence-corrected chi connectivity index (χ0v) is 19.4. The summed E-state index contributed by atoms with van der Waals surface area (Å²) in [6, 6.07) is 0. The van der Waals surface area contributed by atoms with Crippen LogP contribution in [0, 0.1) is 0 Å². The number of aromatic nitrogens is 2. The summed E-state index contributed by atoms with van der Waals surface area (Å²) in [5.74, 6) is 1.24. The molecule has 9 heteroatoms. The van der Waals surface area contributed by atoms with Crippen LogP contribution >= 0.6 is 11.3 Å². The summed E-state index contributed by atoms with van der Waals surface area (Å²) in [7, 11) is 1.65. The monoisotopic (exact) mass is 448 g/mol. The molecular formula is C22H32N4O4S. The van der Waals surface area contributed by atoms with E-state index in [9.17, 15) is 9.59 Å². The van der Waals surface area contributed by atoms with E-state index < -0.39 is 0 Å². The van der Waals surface area contributed by atoms with E-state index in [2.05, 4.69) is 20.8 Å². The molecule has 2 heterocycles. The maximum absolute atomic E-state index is 12.9. The molecule has 3 rings (SSSR count). The highest BCUT2D eigenvalue weighted by Gasteiger charge is 2.26. The number of hydrogen-bond donors (Lipinski definition) is 2. The van der Waals surface area contributed by atoms with Crippen LogP contribution in [0.5, 0.6) is 0 Å². The van der Waals surface area contributed by atoms with Gasteiger partial charge in [-0.25, -0.2) is 0 Å². The summed E-state index contributed by atoms with van der Waals surface area (Å²) in [4.78, 5) is 31.0. The predicted octanol–water partition coefficient (Wildman–Crippen LogP) is 3.86. The Kier molecular flexibility index (Phi) is 8.60. The molecule has 0 radical (unpaired) electrons. The smallest absolute Gasteiger partial charge is 0.254 e. The molecule has 170 valence electrons. The minimum atomic E-state index is -0.113. The molecule has 0 spiro atoms. The molecule has 8 nitrogen and oxygen atoms in total. The standard InChI is InChI=1S/C22H32N4O4S/c1-14(2)20-25-18(30-26-20)11-6-10-17(27)24-22-19(21(28)23-12-7-13-29-3)15-8-4-5-9-16(15)31-22/h14H,4-13H2,1-3H3,(H,23,28)(H,24,27). The van der Waals surface area contributed by atoms with Crippen LogP contribution in [0.2, 0.25) is 0 Å². The van der Waals surface area contributed by atoms with E-state index in [1.807, 2.05) is 13.8 Å². The molecule has 1 aliphatic rings. The lowest BCUT2D eigenvalue weighted by molar-refractivity contribution is -0.116. The molecule has 0 atom stereocenters. The number of hydrogen-bond acceptors (Lipinski definition) is 7. The molecule has 0 aromatic carbocycles. The number of aryl methyl sites for hydroxylation is 2. The van der Waals surface area contributed by atoms with Crippen LogP contribution in [0.25, 0.3) is 0 Å². The Morgan fingerprint density at radius 1 is 1.23 bits per heavy atom. The van der Waals surface area contributed by atoms with Crippen molar-refractivity contribution in [2.75, 3.05) is 25.6 Å². The van der Waals surface area contributed by atoms with Gasteiger partial charge in [-0.15, -0.1) is 11.3 Å². The number of nitrogens with one attached hydrogen (secondary N) is 2. The van der Waals surface area contributed by atoms with Crippen molar-refractivity contribution < 1.29 is 18.8 Å². The quantitative estimate of drug-likeness (QED) is 0.506. The molecule has 2 aromatic rings. The normalized spacial score (nSPS) is 13.3. The molecule has 31 heavy (non-hydrogen) atoms. The Hall–Kier alpha value is -2.26. The molecule has 0 aliphatic heterocycles. The second kappa shape index (κ2) is 11.4. The summed E-state index contributed by atoms with van der Waals surface area (Å²) in [6.07, 6.45) is 6.30. The van der Waals surface area contributed by atoms with Gasteiger partial charge in [0.25, 0.3) is 5.91 Å². The number of fused-ring (bicyclic) bond motifs is 1. The lowest BCUT2D eigenvalue weighted by atomic mass is 9.95. The van der Waals surface area contributed by atoms with Gasteiger partial charge in [-0.3, -0.25) is 9.59 Å². The average molecular weight is 449 g/mol. The molecule has 2 amide bonds. The van der Waals surface area contributed by atoms with E-state index >= 15 is 0 Å². The summed E-state index contributed by atoms with van der Waals surface area (Å²) >= 11 is 1.54. The molecule has 0 unspecified atom stereocenters. The Balaban J connectivity index is 1.59. The van der Waals surface area contributed by atoms with Gasteiger partial charge >= 0.3 is 0 Å². The van der Waals surface area contributed by atoms with Crippen LogP contribution in [0.3, 0.4) is 0 Å². The minimum Gasteiger partial charge on any atom is -0.385 e. The molecule has 0 bridgehead atoms. The number of rotatable bonds is 11. The Morgan fingerprint density at radius 3 is 2.77 bits per heavy atom. The van der Waals surface area contributed by atoms with Gasteiger partial charge in [-0.1, -0.05) is 19.0 Å². The fourth-order valence-electron chi connectivity index (χ4n) is 3.59. The average Bonchev–Trinajstić information content (AvgIpc) is 3.35. The lowest BCUT2D eigenvalue weighted by Gasteiger charge is -2.13. The zero-order chi connectivity index (χ0) is 22.2. The zero-order valence-electron chi connectivity index (χ0n) is 18.6. The molecule has 2 aromatic heterocycles. The largest absolute Gasteiger partial charge is 0.385 e. The predicted molar refractivity (Wildman–Crippen MR) is 120 cm³/mol. The summed E-state index contributed by atoms with van der Waals surface area (Å²) in [6.45, 7) is 5.17. The molecule has 2 N–H and O–H groups in total. The second-order valence-electron chi connectivity index (χ2n) is 8.12. The summed E-state index contributed by atoms with van der Waals surface area (Å²) in [5, 5.41) is 10.6. The van der Waals surface area contributed by atoms with Crippen LogP contribution in [0.1, 0.15) is 84.4 Å². The SMILES string of the molecule is COCCCNC(=O)c1c(NC(=O)CCCc2nc(C(C)C)no2)sc2c1CCCC2. The first-order chi connectivity index (χ1) is 15.0. The highest BCUT2D eigenvalue weighted by atomic mass is 32.1.